The molecule has 1 aliphatic rings. The van der Waals surface area contributed by atoms with Crippen LogP contribution in [0.15, 0.2) is 57.8 Å². The fourth-order valence-electron chi connectivity index (χ4n) is 4.93. The monoisotopic (exact) mass is 515 g/mol. The third-order valence-electron chi connectivity index (χ3n) is 6.66. The molecule has 4 heterocycles. The van der Waals surface area contributed by atoms with Crippen LogP contribution in [0.4, 0.5) is 8.78 Å². The standard InChI is InChI=1S/C28H23F2N5O3/c1-3-4-24-31-21-9-10-23(30)32-27(21)35(24)13-16-5-7-19-17(11-16)14-37-22-12-18(29)6-8-20(22)25(19)15(2)26-33-28(36)38-34-26/h5-12H,3-4,13-14H2,1-2H3,(H,33,34,36). The Morgan fingerprint density at radius 2 is 1.92 bits per heavy atom. The Morgan fingerprint density at radius 3 is 2.71 bits per heavy atom. The number of imidazole rings is 1. The van der Waals surface area contributed by atoms with E-state index < -0.39 is 17.5 Å². The number of hydrogen-bond acceptors (Lipinski definition) is 6. The topological polar surface area (TPSA) is 98.8 Å². The second-order valence-corrected chi connectivity index (χ2v) is 9.21. The Labute approximate surface area is 215 Å². The van der Waals surface area contributed by atoms with E-state index in [0.717, 1.165) is 40.9 Å². The van der Waals surface area contributed by atoms with Gasteiger partial charge in [0.25, 0.3) is 0 Å². The van der Waals surface area contributed by atoms with Crippen LogP contribution in [0.25, 0.3) is 22.3 Å². The second kappa shape index (κ2) is 9.37. The molecular weight excluding hydrogens is 492 g/mol. The molecule has 0 saturated carbocycles. The highest BCUT2D eigenvalue weighted by Gasteiger charge is 2.24. The highest BCUT2D eigenvalue weighted by Crippen LogP contribution is 2.41. The van der Waals surface area contributed by atoms with Crippen LogP contribution in [-0.4, -0.2) is 24.7 Å². The lowest BCUT2D eigenvalue weighted by molar-refractivity contribution is 0.305. The van der Waals surface area contributed by atoms with Crippen LogP contribution in [0.5, 0.6) is 5.75 Å². The minimum absolute atomic E-state index is 0.200. The molecule has 0 unspecified atom stereocenters. The van der Waals surface area contributed by atoms with Crippen LogP contribution in [-0.2, 0) is 19.6 Å². The lowest BCUT2D eigenvalue weighted by Gasteiger charge is -2.15. The lowest BCUT2D eigenvalue weighted by Crippen LogP contribution is -2.07. The number of hydrogen-bond donors (Lipinski definition) is 1. The van der Waals surface area contributed by atoms with Gasteiger partial charge in [-0.1, -0.05) is 24.2 Å². The largest absolute Gasteiger partial charge is 0.488 e. The molecule has 0 aliphatic carbocycles. The van der Waals surface area contributed by atoms with Crippen molar-refractivity contribution < 1.29 is 18.0 Å². The molecule has 8 nitrogen and oxygen atoms in total. The van der Waals surface area contributed by atoms with Gasteiger partial charge in [-0.3, -0.25) is 9.51 Å². The first-order chi connectivity index (χ1) is 18.4. The third-order valence-corrected chi connectivity index (χ3v) is 6.66. The van der Waals surface area contributed by atoms with Gasteiger partial charge in [0.05, 0.1) is 6.54 Å². The zero-order valence-corrected chi connectivity index (χ0v) is 20.7. The van der Waals surface area contributed by atoms with Gasteiger partial charge in [-0.25, -0.2) is 14.2 Å². The van der Waals surface area contributed by atoms with Crippen molar-refractivity contribution in [2.75, 3.05) is 0 Å². The van der Waals surface area contributed by atoms with Crippen molar-refractivity contribution in [2.45, 2.75) is 39.8 Å². The minimum Gasteiger partial charge on any atom is -0.488 e. The highest BCUT2D eigenvalue weighted by molar-refractivity contribution is 5.99. The van der Waals surface area contributed by atoms with E-state index in [2.05, 4.69) is 27.0 Å². The molecule has 0 spiro atoms. The van der Waals surface area contributed by atoms with Gasteiger partial charge in [-0.05, 0) is 65.9 Å². The van der Waals surface area contributed by atoms with Crippen molar-refractivity contribution in [1.29, 1.82) is 0 Å². The number of halogens is 2. The van der Waals surface area contributed by atoms with E-state index in [1.165, 1.54) is 18.2 Å². The van der Waals surface area contributed by atoms with E-state index in [1.54, 1.807) is 12.1 Å². The molecule has 0 atom stereocenters. The molecule has 0 radical (unpaired) electrons. The molecule has 2 aromatic carbocycles. The van der Waals surface area contributed by atoms with Gasteiger partial charge >= 0.3 is 5.76 Å². The molecule has 0 saturated heterocycles. The summed E-state index contributed by atoms with van der Waals surface area (Å²) in [7, 11) is 0. The van der Waals surface area contributed by atoms with Gasteiger partial charge in [0.2, 0.25) is 5.95 Å². The second-order valence-electron chi connectivity index (χ2n) is 9.21. The molecule has 1 N–H and O–H groups in total. The quantitative estimate of drug-likeness (QED) is 0.321. The summed E-state index contributed by atoms with van der Waals surface area (Å²) in [5.74, 6) is -0.148. The van der Waals surface area contributed by atoms with Crippen molar-refractivity contribution >= 4 is 22.3 Å². The van der Waals surface area contributed by atoms with E-state index in [9.17, 15) is 13.6 Å². The number of pyridine rings is 1. The van der Waals surface area contributed by atoms with Crippen LogP contribution in [0.1, 0.15) is 54.2 Å². The molecule has 38 heavy (non-hydrogen) atoms. The fourth-order valence-corrected chi connectivity index (χ4v) is 4.93. The molecule has 3 aromatic heterocycles. The van der Waals surface area contributed by atoms with Gasteiger partial charge in [0.15, 0.2) is 11.5 Å². The van der Waals surface area contributed by atoms with Crippen LogP contribution < -0.4 is 10.5 Å². The van der Waals surface area contributed by atoms with E-state index >= 15 is 0 Å². The number of allylic oxidation sites excluding steroid dienone is 1. The summed E-state index contributed by atoms with van der Waals surface area (Å²) < 4.78 is 40.8. The normalized spacial score (nSPS) is 14.1. The maximum absolute atomic E-state index is 14.1. The number of aromatic amines is 1. The molecule has 5 aromatic rings. The summed E-state index contributed by atoms with van der Waals surface area (Å²) in [6.07, 6.45) is 1.62. The average Bonchev–Trinajstić information content (AvgIpc) is 3.43. The Morgan fingerprint density at radius 1 is 1.08 bits per heavy atom. The summed E-state index contributed by atoms with van der Waals surface area (Å²) in [4.78, 5) is 23.0. The van der Waals surface area contributed by atoms with Gasteiger partial charge < -0.3 is 9.30 Å². The Bertz CT molecular complexity index is 1780. The first-order valence-electron chi connectivity index (χ1n) is 12.2. The molecule has 0 bridgehead atoms. The number of aromatic nitrogens is 5. The lowest BCUT2D eigenvalue weighted by atomic mass is 9.89. The van der Waals surface area contributed by atoms with Crippen molar-refractivity contribution in [3.63, 3.8) is 0 Å². The number of ether oxygens (including phenoxy) is 1. The Hall–Kier alpha value is -4.60. The minimum atomic E-state index is -0.666. The van der Waals surface area contributed by atoms with Crippen LogP contribution in [0.3, 0.4) is 0 Å². The number of benzene rings is 2. The molecule has 1 aliphatic heterocycles. The van der Waals surface area contributed by atoms with Crippen molar-refractivity contribution in [3.05, 3.63) is 105 Å². The maximum Gasteiger partial charge on any atom is 0.439 e. The number of fused-ring (bicyclic) bond motifs is 3. The van der Waals surface area contributed by atoms with Gasteiger partial charge in [-0.15, -0.1) is 0 Å². The summed E-state index contributed by atoms with van der Waals surface area (Å²) in [6.45, 7) is 4.52. The predicted molar refractivity (Wildman–Crippen MR) is 136 cm³/mol. The number of rotatable bonds is 5. The van der Waals surface area contributed by atoms with Gasteiger partial charge in [0.1, 0.15) is 29.5 Å². The van der Waals surface area contributed by atoms with Crippen molar-refractivity contribution in [3.8, 4) is 5.75 Å². The summed E-state index contributed by atoms with van der Waals surface area (Å²) in [5.41, 5.74) is 5.86. The van der Waals surface area contributed by atoms with Crippen LogP contribution in [0, 0.1) is 11.8 Å². The van der Waals surface area contributed by atoms with Gasteiger partial charge in [-0.2, -0.15) is 9.37 Å². The summed E-state index contributed by atoms with van der Waals surface area (Å²) in [6, 6.07) is 13.3. The molecule has 6 rings (SSSR count). The zero-order chi connectivity index (χ0) is 26.4. The molecule has 10 heteroatoms. The molecule has 0 amide bonds. The van der Waals surface area contributed by atoms with Crippen LogP contribution in [0.2, 0.25) is 0 Å². The zero-order valence-electron chi connectivity index (χ0n) is 20.7. The van der Waals surface area contributed by atoms with E-state index in [-0.39, 0.29) is 12.4 Å². The van der Waals surface area contributed by atoms with Crippen LogP contribution >= 0.6 is 0 Å². The smallest absolute Gasteiger partial charge is 0.439 e. The fraction of sp³-hybridized carbons (Fsp3) is 0.214. The third kappa shape index (κ3) is 4.17. The predicted octanol–water partition coefficient (Wildman–Crippen LogP) is 5.26. The number of nitrogens with zero attached hydrogens (tertiary/aromatic N) is 4. The summed E-state index contributed by atoms with van der Waals surface area (Å²) in [5, 5.41) is 3.85. The molecule has 0 fully saturated rings. The van der Waals surface area contributed by atoms with E-state index in [4.69, 9.17) is 9.26 Å². The van der Waals surface area contributed by atoms with Crippen molar-refractivity contribution in [1.82, 2.24) is 24.7 Å². The molecule has 192 valence electrons. The average molecular weight is 516 g/mol. The Kier molecular flexibility index (Phi) is 5.86. The van der Waals surface area contributed by atoms with E-state index in [1.807, 2.05) is 29.7 Å². The summed E-state index contributed by atoms with van der Waals surface area (Å²) >= 11 is 0. The number of H-pyrrole nitrogens is 1. The van der Waals surface area contributed by atoms with E-state index in [0.29, 0.717) is 34.6 Å². The highest BCUT2D eigenvalue weighted by atomic mass is 19.1. The first kappa shape index (κ1) is 23.8. The maximum atomic E-state index is 14.1. The SMILES string of the molecule is CCCc1nc2ccc(F)nc2n1Cc1ccc2c(c1)COc1cc(F)ccc1C2=C(C)c1noc(=O)[nH]1. The molecular formula is C28H23F2N5O3. The van der Waals surface area contributed by atoms with Crippen molar-refractivity contribution in [2.24, 2.45) is 0 Å². The Balaban J connectivity index is 1.48. The number of aryl methyl sites for hydroxylation is 1. The first-order valence-corrected chi connectivity index (χ1v) is 12.2. The van der Waals surface area contributed by atoms with Gasteiger partial charge in [0, 0.05) is 23.6 Å². The number of nitrogens with one attached hydrogen (secondary N) is 1.